The third-order valence-corrected chi connectivity index (χ3v) is 8.15. The van der Waals surface area contributed by atoms with Crippen LogP contribution in [-0.4, -0.2) is 33.6 Å². The van der Waals surface area contributed by atoms with Crippen LogP contribution in [0.25, 0.3) is 0 Å². The molecule has 0 aliphatic rings. The second kappa shape index (κ2) is 6.38. The molecule has 0 spiro atoms. The van der Waals surface area contributed by atoms with Gasteiger partial charge in [-0.25, -0.2) is 0 Å². The predicted octanol–water partition coefficient (Wildman–Crippen LogP) is 3.15. The highest BCUT2D eigenvalue weighted by Gasteiger charge is 2.23. The first-order chi connectivity index (χ1) is 6.10. The summed E-state index contributed by atoms with van der Waals surface area (Å²) >= 11 is 0. The van der Waals surface area contributed by atoms with Crippen LogP contribution in [0.1, 0.15) is 20.3 Å². The van der Waals surface area contributed by atoms with Crippen molar-refractivity contribution in [2.75, 3.05) is 20.6 Å². The largest absolute Gasteiger partial charge is 0.309 e. The average Bonchev–Trinajstić information content (AvgIpc) is 2.13. The van der Waals surface area contributed by atoms with Crippen LogP contribution in [0, 0.1) is 0 Å². The van der Waals surface area contributed by atoms with Crippen LogP contribution >= 0.6 is 0 Å². The van der Waals surface area contributed by atoms with Crippen LogP contribution in [0.15, 0.2) is 12.3 Å². The summed E-state index contributed by atoms with van der Waals surface area (Å²) in [6.07, 6.45) is 1.34. The fraction of sp³-hybridized carbons (Fsp3) is 0.818. The van der Waals surface area contributed by atoms with Gasteiger partial charge < -0.3 is 4.90 Å². The van der Waals surface area contributed by atoms with Crippen molar-refractivity contribution >= 4 is 8.07 Å². The zero-order valence-electron chi connectivity index (χ0n) is 9.77. The van der Waals surface area contributed by atoms with E-state index in [4.69, 9.17) is 0 Å². The Labute approximate surface area is 84.8 Å². The molecule has 0 saturated heterocycles. The molecule has 0 radical (unpaired) electrons. The van der Waals surface area contributed by atoms with Crippen molar-refractivity contribution in [2.45, 2.75) is 38.4 Å². The lowest BCUT2D eigenvalue weighted by Gasteiger charge is -2.25. The standard InChI is InChI=1S/C11H25NSi/c1-6-13(7-2,8-3)11-9-10-12(4)5/h6H,1,7-11H2,2-5H3. The third kappa shape index (κ3) is 4.63. The molecular formula is C11H25NSi. The molecule has 0 unspecified atom stereocenters. The minimum Gasteiger partial charge on any atom is -0.309 e. The van der Waals surface area contributed by atoms with Gasteiger partial charge in [0.2, 0.25) is 0 Å². The van der Waals surface area contributed by atoms with Gasteiger partial charge in [-0.1, -0.05) is 32.0 Å². The van der Waals surface area contributed by atoms with Gasteiger partial charge in [0.05, 0.1) is 8.07 Å². The SMILES string of the molecule is C=C[Si](CC)(CC)CCCN(C)C. The van der Waals surface area contributed by atoms with Crippen LogP contribution in [-0.2, 0) is 0 Å². The molecule has 78 valence electrons. The zero-order valence-corrected chi connectivity index (χ0v) is 10.8. The van der Waals surface area contributed by atoms with E-state index in [9.17, 15) is 0 Å². The molecule has 0 aliphatic carbocycles. The lowest BCUT2D eigenvalue weighted by molar-refractivity contribution is 0.407. The van der Waals surface area contributed by atoms with Gasteiger partial charge in [0.25, 0.3) is 0 Å². The Bertz CT molecular complexity index is 139. The third-order valence-electron chi connectivity index (χ3n) is 3.12. The van der Waals surface area contributed by atoms with E-state index in [1.54, 1.807) is 0 Å². The normalized spacial score (nSPS) is 12.1. The number of nitrogens with zero attached hydrogens (tertiary/aromatic N) is 1. The molecule has 0 aromatic rings. The molecule has 13 heavy (non-hydrogen) atoms. The van der Waals surface area contributed by atoms with Crippen molar-refractivity contribution in [3.05, 3.63) is 12.3 Å². The van der Waals surface area contributed by atoms with Gasteiger partial charge >= 0.3 is 0 Å². The summed E-state index contributed by atoms with van der Waals surface area (Å²) in [5, 5.41) is 0. The Morgan fingerprint density at radius 2 is 1.77 bits per heavy atom. The lowest BCUT2D eigenvalue weighted by Crippen LogP contribution is -2.30. The van der Waals surface area contributed by atoms with E-state index >= 15 is 0 Å². The number of hydrogen-bond acceptors (Lipinski definition) is 1. The molecule has 0 atom stereocenters. The van der Waals surface area contributed by atoms with Crippen LogP contribution in [0.4, 0.5) is 0 Å². The van der Waals surface area contributed by atoms with Crippen LogP contribution < -0.4 is 0 Å². The first kappa shape index (κ1) is 12.9. The molecule has 0 amide bonds. The van der Waals surface area contributed by atoms with E-state index in [-0.39, 0.29) is 0 Å². The summed E-state index contributed by atoms with van der Waals surface area (Å²) in [6.45, 7) is 9.90. The monoisotopic (exact) mass is 199 g/mol. The molecule has 1 nitrogen and oxygen atoms in total. The minimum absolute atomic E-state index is 1.05. The Kier molecular flexibility index (Phi) is 6.34. The summed E-state index contributed by atoms with van der Waals surface area (Å²) in [4.78, 5) is 2.27. The van der Waals surface area contributed by atoms with Crippen molar-refractivity contribution in [3.8, 4) is 0 Å². The van der Waals surface area contributed by atoms with Crippen LogP contribution in [0.5, 0.6) is 0 Å². The number of hydrogen-bond donors (Lipinski definition) is 0. The van der Waals surface area contributed by atoms with E-state index in [0.29, 0.717) is 0 Å². The number of rotatable bonds is 7. The smallest absolute Gasteiger partial charge is 0.0765 e. The minimum atomic E-state index is -1.05. The summed E-state index contributed by atoms with van der Waals surface area (Å²) in [5.41, 5.74) is 2.29. The van der Waals surface area contributed by atoms with Crippen molar-refractivity contribution in [3.63, 3.8) is 0 Å². The Morgan fingerprint density at radius 3 is 2.08 bits per heavy atom. The van der Waals surface area contributed by atoms with Gasteiger partial charge in [-0.05, 0) is 27.1 Å². The first-order valence-electron chi connectivity index (χ1n) is 5.38. The predicted molar refractivity (Wildman–Crippen MR) is 64.9 cm³/mol. The van der Waals surface area contributed by atoms with Crippen molar-refractivity contribution in [1.82, 2.24) is 4.90 Å². The van der Waals surface area contributed by atoms with E-state index in [1.165, 1.54) is 31.1 Å². The molecule has 0 fully saturated rings. The Balaban J connectivity index is 3.88. The van der Waals surface area contributed by atoms with E-state index in [2.05, 4.69) is 45.1 Å². The quantitative estimate of drug-likeness (QED) is 0.569. The van der Waals surface area contributed by atoms with Gasteiger partial charge in [-0.2, -0.15) is 0 Å². The Morgan fingerprint density at radius 1 is 1.23 bits per heavy atom. The van der Waals surface area contributed by atoms with E-state index < -0.39 is 8.07 Å². The highest BCUT2D eigenvalue weighted by molar-refractivity contribution is 6.84. The molecule has 0 saturated carbocycles. The van der Waals surface area contributed by atoms with Gasteiger partial charge in [0, 0.05) is 0 Å². The lowest BCUT2D eigenvalue weighted by atomic mass is 10.5. The second-order valence-electron chi connectivity index (χ2n) is 4.18. The highest BCUT2D eigenvalue weighted by atomic mass is 28.3. The topological polar surface area (TPSA) is 3.24 Å². The van der Waals surface area contributed by atoms with Crippen molar-refractivity contribution < 1.29 is 0 Å². The molecule has 0 aromatic heterocycles. The van der Waals surface area contributed by atoms with E-state index in [1.807, 2.05) is 0 Å². The molecule has 0 rings (SSSR count). The summed E-state index contributed by atoms with van der Waals surface area (Å²) in [5.74, 6) is 0. The van der Waals surface area contributed by atoms with E-state index in [0.717, 1.165) is 0 Å². The maximum absolute atomic E-state index is 4.02. The average molecular weight is 199 g/mol. The van der Waals surface area contributed by atoms with Crippen LogP contribution in [0.3, 0.4) is 0 Å². The summed E-state index contributed by atoms with van der Waals surface area (Å²) < 4.78 is 0. The Hall–Kier alpha value is -0.0831. The fourth-order valence-corrected chi connectivity index (χ4v) is 4.59. The molecule has 0 N–H and O–H groups in total. The maximum atomic E-state index is 4.02. The van der Waals surface area contributed by atoms with Gasteiger partial charge in [-0.3, -0.25) is 0 Å². The molecule has 2 heteroatoms. The van der Waals surface area contributed by atoms with Crippen LogP contribution in [0.2, 0.25) is 18.1 Å². The van der Waals surface area contributed by atoms with Gasteiger partial charge in [0.1, 0.15) is 0 Å². The van der Waals surface area contributed by atoms with Gasteiger partial charge in [0.15, 0.2) is 0 Å². The van der Waals surface area contributed by atoms with Gasteiger partial charge in [-0.15, -0.1) is 12.3 Å². The fourth-order valence-electron chi connectivity index (χ4n) is 1.74. The highest BCUT2D eigenvalue weighted by Crippen LogP contribution is 2.23. The summed E-state index contributed by atoms with van der Waals surface area (Å²) in [7, 11) is 3.25. The molecule has 0 heterocycles. The maximum Gasteiger partial charge on any atom is 0.0765 e. The zero-order chi connectivity index (χ0) is 10.3. The second-order valence-corrected chi connectivity index (χ2v) is 9.23. The summed E-state index contributed by atoms with van der Waals surface area (Å²) in [6, 6.07) is 4.14. The molecule has 0 aliphatic heterocycles. The molecule has 0 bridgehead atoms. The first-order valence-corrected chi connectivity index (χ1v) is 8.08. The molecule has 0 aromatic carbocycles. The van der Waals surface area contributed by atoms with Crippen molar-refractivity contribution in [1.29, 1.82) is 0 Å². The van der Waals surface area contributed by atoms with Crippen molar-refractivity contribution in [2.24, 2.45) is 0 Å². The molecular weight excluding hydrogens is 174 g/mol.